The van der Waals surface area contributed by atoms with Gasteiger partial charge in [0, 0.05) is 6.07 Å². The second-order valence-corrected chi connectivity index (χ2v) is 2.99. The molecular weight excluding hydrogens is 197 g/mol. The third-order valence-corrected chi connectivity index (χ3v) is 1.79. The minimum absolute atomic E-state index is 0.307. The Hall–Kier alpha value is -1.67. The van der Waals surface area contributed by atoms with E-state index >= 15 is 0 Å². The van der Waals surface area contributed by atoms with E-state index in [1.165, 1.54) is 18.2 Å². The molecule has 0 N–H and O–H groups in total. The molecule has 0 saturated heterocycles. The molecule has 0 unspecified atom stereocenters. The highest BCUT2D eigenvalue weighted by Crippen LogP contribution is 2.12. The van der Waals surface area contributed by atoms with Crippen molar-refractivity contribution >= 4 is 6.08 Å². The SMILES string of the molecule is O=C=NCCCCOc1cccc(F)c1. The van der Waals surface area contributed by atoms with E-state index in [-0.39, 0.29) is 5.82 Å². The lowest BCUT2D eigenvalue weighted by molar-refractivity contribution is 0.306. The number of nitrogens with zero attached hydrogens (tertiary/aromatic N) is 1. The minimum Gasteiger partial charge on any atom is -0.493 e. The van der Waals surface area contributed by atoms with Crippen molar-refractivity contribution in [3.05, 3.63) is 30.1 Å². The Morgan fingerprint density at radius 3 is 3.00 bits per heavy atom. The van der Waals surface area contributed by atoms with Gasteiger partial charge in [-0.2, -0.15) is 0 Å². The van der Waals surface area contributed by atoms with Crippen LogP contribution in [-0.2, 0) is 4.79 Å². The first-order valence-corrected chi connectivity index (χ1v) is 4.75. The molecule has 0 saturated carbocycles. The van der Waals surface area contributed by atoms with Crippen LogP contribution >= 0.6 is 0 Å². The van der Waals surface area contributed by atoms with Gasteiger partial charge in [0.1, 0.15) is 11.6 Å². The summed E-state index contributed by atoms with van der Waals surface area (Å²) in [6.07, 6.45) is 3.02. The van der Waals surface area contributed by atoms with Gasteiger partial charge < -0.3 is 4.74 Å². The molecule has 0 aliphatic heterocycles. The average Bonchev–Trinajstić information content (AvgIpc) is 2.23. The smallest absolute Gasteiger partial charge is 0.234 e. The summed E-state index contributed by atoms with van der Waals surface area (Å²) in [5.41, 5.74) is 0. The topological polar surface area (TPSA) is 38.7 Å². The third kappa shape index (κ3) is 4.93. The zero-order valence-electron chi connectivity index (χ0n) is 8.28. The molecule has 0 amide bonds. The molecule has 1 aromatic rings. The summed E-state index contributed by atoms with van der Waals surface area (Å²) in [5.74, 6) is 0.215. The number of hydrogen-bond acceptors (Lipinski definition) is 3. The molecule has 80 valence electrons. The normalized spacial score (nSPS) is 9.40. The summed E-state index contributed by atoms with van der Waals surface area (Å²) >= 11 is 0. The van der Waals surface area contributed by atoms with Crippen LogP contribution in [0.25, 0.3) is 0 Å². The summed E-state index contributed by atoms with van der Waals surface area (Å²) < 4.78 is 18.0. The summed E-state index contributed by atoms with van der Waals surface area (Å²) in [6, 6.07) is 6.00. The number of rotatable bonds is 6. The molecule has 15 heavy (non-hydrogen) atoms. The predicted molar refractivity (Wildman–Crippen MR) is 54.1 cm³/mol. The van der Waals surface area contributed by atoms with Gasteiger partial charge in [0.05, 0.1) is 13.2 Å². The Balaban J connectivity index is 2.17. The number of hydrogen-bond donors (Lipinski definition) is 0. The summed E-state index contributed by atoms with van der Waals surface area (Å²) in [5, 5.41) is 0. The van der Waals surface area contributed by atoms with Crippen molar-refractivity contribution in [1.82, 2.24) is 0 Å². The van der Waals surface area contributed by atoms with Gasteiger partial charge in [-0.05, 0) is 25.0 Å². The van der Waals surface area contributed by atoms with E-state index in [1.54, 1.807) is 12.1 Å². The van der Waals surface area contributed by atoms with E-state index in [0.29, 0.717) is 18.9 Å². The highest BCUT2D eigenvalue weighted by molar-refractivity contribution is 5.32. The molecular formula is C11H12FNO2. The van der Waals surface area contributed by atoms with Crippen LogP contribution in [0.1, 0.15) is 12.8 Å². The lowest BCUT2D eigenvalue weighted by atomic mass is 10.3. The first kappa shape index (κ1) is 11.4. The number of carbonyl (C=O) groups excluding carboxylic acids is 1. The van der Waals surface area contributed by atoms with Gasteiger partial charge in [-0.15, -0.1) is 0 Å². The molecule has 0 heterocycles. The van der Waals surface area contributed by atoms with E-state index < -0.39 is 0 Å². The minimum atomic E-state index is -0.307. The largest absolute Gasteiger partial charge is 0.493 e. The fraction of sp³-hybridized carbons (Fsp3) is 0.364. The molecule has 0 bridgehead atoms. The van der Waals surface area contributed by atoms with Gasteiger partial charge in [0.15, 0.2) is 0 Å². The van der Waals surface area contributed by atoms with Gasteiger partial charge >= 0.3 is 0 Å². The Labute approximate surface area is 87.6 Å². The Kier molecular flexibility index (Phi) is 5.12. The first-order chi connectivity index (χ1) is 7.33. The van der Waals surface area contributed by atoms with Crippen LogP contribution < -0.4 is 4.74 Å². The van der Waals surface area contributed by atoms with Gasteiger partial charge in [-0.1, -0.05) is 6.07 Å². The monoisotopic (exact) mass is 209 g/mol. The van der Waals surface area contributed by atoms with Crippen molar-refractivity contribution in [1.29, 1.82) is 0 Å². The van der Waals surface area contributed by atoms with E-state index in [0.717, 1.165) is 12.8 Å². The fourth-order valence-electron chi connectivity index (χ4n) is 1.09. The second kappa shape index (κ2) is 6.74. The molecule has 0 aliphatic rings. The van der Waals surface area contributed by atoms with Gasteiger partial charge in [0.25, 0.3) is 0 Å². The summed E-state index contributed by atoms with van der Waals surface area (Å²) in [7, 11) is 0. The quantitative estimate of drug-likeness (QED) is 0.409. The van der Waals surface area contributed by atoms with E-state index in [9.17, 15) is 9.18 Å². The maximum atomic E-state index is 12.7. The number of halogens is 1. The van der Waals surface area contributed by atoms with Gasteiger partial charge in [-0.25, -0.2) is 14.2 Å². The lowest BCUT2D eigenvalue weighted by Crippen LogP contribution is -1.98. The first-order valence-electron chi connectivity index (χ1n) is 4.75. The number of isocyanates is 1. The molecule has 0 fully saturated rings. The van der Waals surface area contributed by atoms with Crippen molar-refractivity contribution in [2.75, 3.05) is 13.2 Å². The lowest BCUT2D eigenvalue weighted by Gasteiger charge is -2.04. The number of ether oxygens (including phenoxy) is 1. The summed E-state index contributed by atoms with van der Waals surface area (Å²) in [4.78, 5) is 13.1. The number of aliphatic imine (C=N–C) groups is 1. The van der Waals surface area contributed by atoms with E-state index in [4.69, 9.17) is 4.74 Å². The van der Waals surface area contributed by atoms with Crippen molar-refractivity contribution in [2.45, 2.75) is 12.8 Å². The van der Waals surface area contributed by atoms with Crippen molar-refractivity contribution in [3.63, 3.8) is 0 Å². The van der Waals surface area contributed by atoms with E-state index in [2.05, 4.69) is 4.99 Å². The van der Waals surface area contributed by atoms with Crippen molar-refractivity contribution in [2.24, 2.45) is 4.99 Å². The molecule has 0 spiro atoms. The number of benzene rings is 1. The van der Waals surface area contributed by atoms with Gasteiger partial charge in [-0.3, -0.25) is 0 Å². The van der Waals surface area contributed by atoms with Crippen LogP contribution in [-0.4, -0.2) is 19.2 Å². The van der Waals surface area contributed by atoms with Gasteiger partial charge in [0.2, 0.25) is 6.08 Å². The maximum absolute atomic E-state index is 12.7. The zero-order valence-corrected chi connectivity index (χ0v) is 8.28. The van der Waals surface area contributed by atoms with Crippen LogP contribution in [0.5, 0.6) is 5.75 Å². The molecule has 0 radical (unpaired) electrons. The summed E-state index contributed by atoms with van der Waals surface area (Å²) in [6.45, 7) is 0.966. The third-order valence-electron chi connectivity index (χ3n) is 1.79. The van der Waals surface area contributed by atoms with Crippen LogP contribution in [0.4, 0.5) is 4.39 Å². The molecule has 0 aromatic heterocycles. The number of unbranched alkanes of at least 4 members (excludes halogenated alkanes) is 1. The van der Waals surface area contributed by atoms with Crippen LogP contribution in [0.2, 0.25) is 0 Å². The Morgan fingerprint density at radius 2 is 2.27 bits per heavy atom. The Morgan fingerprint density at radius 1 is 1.40 bits per heavy atom. The van der Waals surface area contributed by atoms with Crippen LogP contribution in [0, 0.1) is 5.82 Å². The highest BCUT2D eigenvalue weighted by Gasteiger charge is 1.95. The Bertz CT molecular complexity index is 348. The molecule has 0 aliphatic carbocycles. The molecule has 0 atom stereocenters. The fourth-order valence-corrected chi connectivity index (χ4v) is 1.09. The molecule has 3 nitrogen and oxygen atoms in total. The van der Waals surface area contributed by atoms with Crippen molar-refractivity contribution in [3.8, 4) is 5.75 Å². The van der Waals surface area contributed by atoms with Crippen LogP contribution in [0.3, 0.4) is 0 Å². The van der Waals surface area contributed by atoms with E-state index in [1.807, 2.05) is 0 Å². The predicted octanol–water partition coefficient (Wildman–Crippen LogP) is 2.32. The van der Waals surface area contributed by atoms with Crippen LogP contribution in [0.15, 0.2) is 29.3 Å². The second-order valence-electron chi connectivity index (χ2n) is 2.99. The zero-order chi connectivity index (χ0) is 10.9. The maximum Gasteiger partial charge on any atom is 0.234 e. The molecule has 4 heteroatoms. The standard InChI is InChI=1S/C11H12FNO2/c12-10-4-3-5-11(8-10)15-7-2-1-6-13-9-14/h3-5,8H,1-2,6-7H2. The van der Waals surface area contributed by atoms with Crippen molar-refractivity contribution < 1.29 is 13.9 Å². The highest BCUT2D eigenvalue weighted by atomic mass is 19.1. The molecule has 1 rings (SSSR count). The molecule has 1 aromatic carbocycles. The average molecular weight is 209 g/mol.